The highest BCUT2D eigenvalue weighted by Gasteiger charge is 2.07. The van der Waals surface area contributed by atoms with Crippen molar-refractivity contribution in [1.82, 2.24) is 0 Å². The van der Waals surface area contributed by atoms with Crippen LogP contribution >= 0.6 is 12.6 Å². The summed E-state index contributed by atoms with van der Waals surface area (Å²) in [6.45, 7) is 0.457. The minimum atomic E-state index is -0.363. The van der Waals surface area contributed by atoms with Gasteiger partial charge in [0.1, 0.15) is 0 Å². The number of carbonyl (C=O) groups is 1. The number of hydrogen-bond acceptors (Lipinski definition) is 4. The SMILES string of the molecule is COCc1cc(S)cc(C(=O)OC)c1. The van der Waals surface area contributed by atoms with Crippen molar-refractivity contribution in [2.24, 2.45) is 0 Å². The van der Waals surface area contributed by atoms with Crippen LogP contribution < -0.4 is 0 Å². The Labute approximate surface area is 88.4 Å². The number of esters is 1. The Kier molecular flexibility index (Phi) is 3.98. The van der Waals surface area contributed by atoms with E-state index in [1.807, 2.05) is 6.07 Å². The molecule has 0 amide bonds. The van der Waals surface area contributed by atoms with Gasteiger partial charge in [-0.3, -0.25) is 0 Å². The molecule has 0 aliphatic carbocycles. The monoisotopic (exact) mass is 212 g/mol. The van der Waals surface area contributed by atoms with Gasteiger partial charge < -0.3 is 9.47 Å². The minimum absolute atomic E-state index is 0.363. The lowest BCUT2D eigenvalue weighted by Crippen LogP contribution is -2.02. The van der Waals surface area contributed by atoms with Crippen LogP contribution in [0.25, 0.3) is 0 Å². The molecule has 0 saturated carbocycles. The molecule has 0 saturated heterocycles. The van der Waals surface area contributed by atoms with Crippen molar-refractivity contribution in [2.75, 3.05) is 14.2 Å². The van der Waals surface area contributed by atoms with Crippen LogP contribution in [0.2, 0.25) is 0 Å². The third-order valence-corrected chi connectivity index (χ3v) is 1.97. The van der Waals surface area contributed by atoms with Gasteiger partial charge in [0.05, 0.1) is 19.3 Å². The number of rotatable bonds is 3. The lowest BCUT2D eigenvalue weighted by Gasteiger charge is -2.04. The number of benzene rings is 1. The van der Waals surface area contributed by atoms with Gasteiger partial charge in [-0.1, -0.05) is 0 Å². The van der Waals surface area contributed by atoms with Crippen molar-refractivity contribution in [1.29, 1.82) is 0 Å². The number of thiol groups is 1. The van der Waals surface area contributed by atoms with Crippen molar-refractivity contribution in [3.8, 4) is 0 Å². The molecular formula is C10H12O3S. The van der Waals surface area contributed by atoms with Crippen molar-refractivity contribution < 1.29 is 14.3 Å². The van der Waals surface area contributed by atoms with Crippen LogP contribution in [0.5, 0.6) is 0 Å². The molecule has 1 rings (SSSR count). The van der Waals surface area contributed by atoms with Crippen LogP contribution in [0.15, 0.2) is 23.1 Å². The normalized spacial score (nSPS) is 9.93. The van der Waals surface area contributed by atoms with Gasteiger partial charge in [0.2, 0.25) is 0 Å². The van der Waals surface area contributed by atoms with E-state index in [0.29, 0.717) is 12.2 Å². The summed E-state index contributed by atoms with van der Waals surface area (Å²) >= 11 is 4.19. The number of carbonyl (C=O) groups excluding carboxylic acids is 1. The third-order valence-electron chi connectivity index (χ3n) is 1.71. The molecule has 0 spiro atoms. The fraction of sp³-hybridized carbons (Fsp3) is 0.300. The molecule has 4 heteroatoms. The van der Waals surface area contributed by atoms with E-state index >= 15 is 0 Å². The molecule has 0 unspecified atom stereocenters. The lowest BCUT2D eigenvalue weighted by molar-refractivity contribution is 0.0600. The summed E-state index contributed by atoms with van der Waals surface area (Å²) < 4.78 is 9.58. The average molecular weight is 212 g/mol. The summed E-state index contributed by atoms with van der Waals surface area (Å²) in [5, 5.41) is 0. The fourth-order valence-electron chi connectivity index (χ4n) is 1.16. The highest BCUT2D eigenvalue weighted by atomic mass is 32.1. The Morgan fingerprint density at radius 3 is 2.64 bits per heavy atom. The molecule has 3 nitrogen and oxygen atoms in total. The van der Waals surface area contributed by atoms with E-state index in [1.54, 1.807) is 19.2 Å². The van der Waals surface area contributed by atoms with Gasteiger partial charge in [-0.25, -0.2) is 4.79 Å². The van der Waals surface area contributed by atoms with E-state index < -0.39 is 0 Å². The van der Waals surface area contributed by atoms with E-state index in [2.05, 4.69) is 17.4 Å². The van der Waals surface area contributed by atoms with Crippen molar-refractivity contribution in [2.45, 2.75) is 11.5 Å². The summed E-state index contributed by atoms with van der Waals surface area (Å²) in [6, 6.07) is 5.24. The quantitative estimate of drug-likeness (QED) is 0.614. The zero-order chi connectivity index (χ0) is 10.6. The Balaban J connectivity index is 3.00. The van der Waals surface area contributed by atoms with Gasteiger partial charge in [-0.15, -0.1) is 12.6 Å². The van der Waals surface area contributed by atoms with E-state index in [-0.39, 0.29) is 5.97 Å². The van der Waals surface area contributed by atoms with Gasteiger partial charge in [-0.05, 0) is 23.8 Å². The van der Waals surface area contributed by atoms with Crippen molar-refractivity contribution in [3.05, 3.63) is 29.3 Å². The average Bonchev–Trinajstić information content (AvgIpc) is 2.16. The molecule has 0 heterocycles. The van der Waals surface area contributed by atoms with Crippen molar-refractivity contribution in [3.63, 3.8) is 0 Å². The number of ether oxygens (including phenoxy) is 2. The Morgan fingerprint density at radius 1 is 1.36 bits per heavy atom. The predicted octanol–water partition coefficient (Wildman–Crippen LogP) is 1.91. The van der Waals surface area contributed by atoms with Crippen LogP contribution in [0.1, 0.15) is 15.9 Å². The third kappa shape index (κ3) is 2.75. The summed E-state index contributed by atoms with van der Waals surface area (Å²) in [4.78, 5) is 11.9. The van der Waals surface area contributed by atoms with Gasteiger partial charge in [0, 0.05) is 12.0 Å². The summed E-state index contributed by atoms with van der Waals surface area (Å²) in [5.41, 5.74) is 1.40. The number of methoxy groups -OCH3 is 2. The molecule has 1 aromatic carbocycles. The molecule has 1 aromatic rings. The van der Waals surface area contributed by atoms with Gasteiger partial charge in [0.25, 0.3) is 0 Å². The van der Waals surface area contributed by atoms with Crippen LogP contribution in [-0.2, 0) is 16.1 Å². The first-order valence-corrected chi connectivity index (χ1v) is 4.52. The smallest absolute Gasteiger partial charge is 0.337 e. The van der Waals surface area contributed by atoms with Crippen LogP contribution in [0.3, 0.4) is 0 Å². The summed E-state index contributed by atoms with van der Waals surface area (Å²) in [7, 11) is 2.95. The molecule has 0 fully saturated rings. The second-order valence-corrected chi connectivity index (χ2v) is 3.33. The Hall–Kier alpha value is -1.00. The maximum absolute atomic E-state index is 11.2. The first kappa shape index (κ1) is 11.1. The van der Waals surface area contributed by atoms with E-state index in [4.69, 9.17) is 4.74 Å². The lowest BCUT2D eigenvalue weighted by atomic mass is 10.1. The van der Waals surface area contributed by atoms with Crippen LogP contribution in [-0.4, -0.2) is 20.2 Å². The van der Waals surface area contributed by atoms with E-state index in [1.165, 1.54) is 7.11 Å². The van der Waals surface area contributed by atoms with Crippen LogP contribution in [0, 0.1) is 0 Å². The zero-order valence-electron chi connectivity index (χ0n) is 8.11. The first-order valence-electron chi connectivity index (χ1n) is 4.07. The van der Waals surface area contributed by atoms with Gasteiger partial charge in [-0.2, -0.15) is 0 Å². The van der Waals surface area contributed by atoms with Gasteiger partial charge >= 0.3 is 5.97 Å². The second-order valence-electron chi connectivity index (χ2n) is 2.81. The second kappa shape index (κ2) is 5.02. The van der Waals surface area contributed by atoms with Crippen molar-refractivity contribution >= 4 is 18.6 Å². The van der Waals surface area contributed by atoms with Crippen LogP contribution in [0.4, 0.5) is 0 Å². The standard InChI is InChI=1S/C10H12O3S/c1-12-6-7-3-8(10(11)13-2)5-9(14)4-7/h3-5,14H,6H2,1-2H3. The summed E-state index contributed by atoms with van der Waals surface area (Å²) in [6.07, 6.45) is 0. The minimum Gasteiger partial charge on any atom is -0.465 e. The number of hydrogen-bond donors (Lipinski definition) is 1. The Bertz CT molecular complexity index is 336. The highest BCUT2D eigenvalue weighted by molar-refractivity contribution is 7.80. The molecule has 14 heavy (non-hydrogen) atoms. The molecular weight excluding hydrogens is 200 g/mol. The fourth-order valence-corrected chi connectivity index (χ4v) is 1.46. The van der Waals surface area contributed by atoms with Gasteiger partial charge in [0.15, 0.2) is 0 Å². The molecule has 76 valence electrons. The summed E-state index contributed by atoms with van der Waals surface area (Å²) in [5.74, 6) is -0.363. The molecule has 0 radical (unpaired) electrons. The predicted molar refractivity (Wildman–Crippen MR) is 55.7 cm³/mol. The Morgan fingerprint density at radius 2 is 2.07 bits per heavy atom. The maximum Gasteiger partial charge on any atom is 0.337 e. The molecule has 0 bridgehead atoms. The van der Waals surface area contributed by atoms with E-state index in [9.17, 15) is 4.79 Å². The van der Waals surface area contributed by atoms with E-state index in [0.717, 1.165) is 10.5 Å². The molecule has 0 aliphatic heterocycles. The zero-order valence-corrected chi connectivity index (χ0v) is 9.01. The molecule has 0 N–H and O–H groups in total. The largest absolute Gasteiger partial charge is 0.465 e. The topological polar surface area (TPSA) is 35.5 Å². The first-order chi connectivity index (χ1) is 6.67. The molecule has 0 aliphatic rings. The molecule has 0 aromatic heterocycles. The molecule has 0 atom stereocenters. The maximum atomic E-state index is 11.2. The highest BCUT2D eigenvalue weighted by Crippen LogP contribution is 2.15.